The molecule has 1 aromatic carbocycles. The van der Waals surface area contributed by atoms with Crippen LogP contribution >= 0.6 is 0 Å². The molecule has 0 aliphatic rings. The van der Waals surface area contributed by atoms with Gasteiger partial charge in [0, 0.05) is 34.7 Å². The molecule has 0 saturated carbocycles. The molecule has 3 aromatic rings. The number of amides is 1. The largest absolute Gasteiger partial charge is 0.370 e. The second kappa shape index (κ2) is 5.60. The van der Waals surface area contributed by atoms with Crippen LogP contribution in [0, 0.1) is 6.92 Å². The van der Waals surface area contributed by atoms with Crippen LogP contribution < -0.4 is 16.9 Å². The molecule has 1 atom stereocenters. The number of carbonyl (C=O) groups is 1. The number of benzene rings is 1. The van der Waals surface area contributed by atoms with E-state index in [0.29, 0.717) is 22.3 Å². The minimum atomic E-state index is -0.698. The normalized spacial score (nSPS) is 12.4. The number of fused-ring (bicyclic) bond motifs is 1. The number of carbonyl (C=O) groups excluding carboxylic acids is 1. The van der Waals surface area contributed by atoms with Gasteiger partial charge in [-0.15, -0.1) is 0 Å². The number of primary amides is 1. The van der Waals surface area contributed by atoms with Crippen molar-refractivity contribution in [3.63, 3.8) is 0 Å². The zero-order valence-electron chi connectivity index (χ0n) is 12.5. The van der Waals surface area contributed by atoms with E-state index < -0.39 is 11.8 Å². The molecule has 0 spiro atoms. The van der Waals surface area contributed by atoms with Crippen LogP contribution in [0.5, 0.6) is 0 Å². The van der Waals surface area contributed by atoms with E-state index in [1.54, 1.807) is 19.1 Å². The van der Waals surface area contributed by atoms with Crippen molar-refractivity contribution < 1.29 is 4.79 Å². The molecule has 2 heterocycles. The van der Waals surface area contributed by atoms with Crippen LogP contribution in [0.1, 0.15) is 29.2 Å². The molecule has 2 aromatic heterocycles. The average molecular weight is 312 g/mol. The van der Waals surface area contributed by atoms with Gasteiger partial charge in [0.2, 0.25) is 5.91 Å². The van der Waals surface area contributed by atoms with Gasteiger partial charge in [-0.05, 0) is 24.4 Å². The van der Waals surface area contributed by atoms with Gasteiger partial charge in [-0.1, -0.05) is 18.2 Å². The maximum Gasteiger partial charge on any atom is 0.267 e. The molecule has 0 aliphatic heterocycles. The number of hydrogen-bond donors (Lipinski definition) is 4. The molecule has 0 fully saturated rings. The van der Waals surface area contributed by atoms with Crippen molar-refractivity contribution in [2.24, 2.45) is 5.73 Å². The number of aromatic amines is 3. The maximum absolute atomic E-state index is 12.4. The highest BCUT2D eigenvalue weighted by Crippen LogP contribution is 2.26. The van der Waals surface area contributed by atoms with Crippen molar-refractivity contribution in [2.45, 2.75) is 19.3 Å². The van der Waals surface area contributed by atoms with Gasteiger partial charge >= 0.3 is 0 Å². The summed E-state index contributed by atoms with van der Waals surface area (Å²) in [6.45, 7) is 1.70. The Morgan fingerprint density at radius 3 is 2.57 bits per heavy atom. The van der Waals surface area contributed by atoms with Crippen LogP contribution in [-0.4, -0.2) is 21.1 Å². The fourth-order valence-electron chi connectivity index (χ4n) is 2.87. The van der Waals surface area contributed by atoms with Crippen LogP contribution in [0.2, 0.25) is 0 Å². The fourth-order valence-corrected chi connectivity index (χ4v) is 2.87. The summed E-state index contributed by atoms with van der Waals surface area (Å²) in [6.07, 6.45) is -0.122. The van der Waals surface area contributed by atoms with Gasteiger partial charge in [0.25, 0.3) is 11.1 Å². The summed E-state index contributed by atoms with van der Waals surface area (Å²) in [6, 6.07) is 9.01. The molecule has 1 unspecified atom stereocenters. The van der Waals surface area contributed by atoms with Crippen LogP contribution in [0.15, 0.2) is 39.9 Å². The van der Waals surface area contributed by atoms with Crippen molar-refractivity contribution in [1.29, 1.82) is 0 Å². The number of hydrogen-bond acceptors (Lipinski definition) is 3. The zero-order chi connectivity index (χ0) is 16.6. The number of H-pyrrole nitrogens is 3. The second-order valence-electron chi connectivity index (χ2n) is 5.48. The van der Waals surface area contributed by atoms with Gasteiger partial charge in [-0.25, -0.2) is 0 Å². The van der Waals surface area contributed by atoms with Crippen LogP contribution in [-0.2, 0) is 4.79 Å². The third kappa shape index (κ3) is 2.68. The molecule has 3 rings (SSSR count). The smallest absolute Gasteiger partial charge is 0.267 e. The lowest BCUT2D eigenvalue weighted by molar-refractivity contribution is -0.118. The standard InChI is InChI=1S/C16H16N4O3/c1-8-14(16(23)20-19-8)10(7-13(17)21)11-6-9-4-2-3-5-12(9)18-15(11)22/h2-6,10H,7H2,1H3,(H2,17,21)(H,18,22)(H2,19,20,23). The number of rotatable bonds is 4. The van der Waals surface area contributed by atoms with Crippen LogP contribution in [0.3, 0.4) is 0 Å². The van der Waals surface area contributed by atoms with Gasteiger partial charge in [-0.2, -0.15) is 0 Å². The zero-order valence-corrected chi connectivity index (χ0v) is 12.5. The molecule has 0 bridgehead atoms. The van der Waals surface area contributed by atoms with E-state index in [1.807, 2.05) is 18.2 Å². The van der Waals surface area contributed by atoms with Gasteiger partial charge in [-0.3, -0.25) is 19.5 Å². The topological polar surface area (TPSA) is 125 Å². The molecule has 7 heteroatoms. The van der Waals surface area contributed by atoms with Crippen molar-refractivity contribution in [3.8, 4) is 0 Å². The summed E-state index contributed by atoms with van der Waals surface area (Å²) < 4.78 is 0. The van der Waals surface area contributed by atoms with Gasteiger partial charge in [0.15, 0.2) is 0 Å². The Morgan fingerprint density at radius 1 is 1.17 bits per heavy atom. The predicted molar refractivity (Wildman–Crippen MR) is 86.4 cm³/mol. The number of aromatic nitrogens is 3. The van der Waals surface area contributed by atoms with Crippen molar-refractivity contribution >= 4 is 16.8 Å². The molecule has 1 amide bonds. The van der Waals surface area contributed by atoms with Gasteiger partial charge in [0.05, 0.1) is 0 Å². The molecular formula is C16H16N4O3. The number of pyridine rings is 1. The number of aryl methyl sites for hydroxylation is 1. The third-order valence-corrected chi connectivity index (χ3v) is 3.92. The molecule has 5 N–H and O–H groups in total. The first-order valence-electron chi connectivity index (χ1n) is 7.14. The van der Waals surface area contributed by atoms with Crippen LogP contribution in [0.4, 0.5) is 0 Å². The Balaban J connectivity index is 2.25. The van der Waals surface area contributed by atoms with E-state index in [0.717, 1.165) is 5.39 Å². The Bertz CT molecular complexity index is 996. The summed E-state index contributed by atoms with van der Waals surface area (Å²) in [5.74, 6) is -1.28. The highest BCUT2D eigenvalue weighted by molar-refractivity contribution is 5.80. The van der Waals surface area contributed by atoms with Gasteiger partial charge in [0.1, 0.15) is 0 Å². The number of nitrogens with one attached hydrogen (secondary N) is 3. The number of para-hydroxylation sites is 1. The molecule has 23 heavy (non-hydrogen) atoms. The first-order chi connectivity index (χ1) is 11.0. The highest BCUT2D eigenvalue weighted by Gasteiger charge is 2.25. The van der Waals surface area contributed by atoms with Crippen molar-refractivity contribution in [3.05, 3.63) is 67.9 Å². The molecule has 0 aliphatic carbocycles. The fraction of sp³-hybridized carbons (Fsp3) is 0.188. The van der Waals surface area contributed by atoms with E-state index in [-0.39, 0.29) is 17.5 Å². The summed E-state index contributed by atoms with van der Waals surface area (Å²) in [5.41, 5.74) is 6.59. The summed E-state index contributed by atoms with van der Waals surface area (Å²) >= 11 is 0. The third-order valence-electron chi connectivity index (χ3n) is 3.92. The summed E-state index contributed by atoms with van der Waals surface area (Å²) in [7, 11) is 0. The van der Waals surface area contributed by atoms with E-state index in [4.69, 9.17) is 5.73 Å². The molecule has 0 radical (unpaired) electrons. The Labute approximate surface area is 130 Å². The predicted octanol–water partition coefficient (Wildman–Crippen LogP) is 0.860. The average Bonchev–Trinajstić information content (AvgIpc) is 2.83. The Kier molecular flexibility index (Phi) is 3.61. The van der Waals surface area contributed by atoms with Crippen LogP contribution in [0.25, 0.3) is 10.9 Å². The molecular weight excluding hydrogens is 296 g/mol. The SMILES string of the molecule is Cc1[nH][nH]c(=O)c1C(CC(N)=O)c1cc2ccccc2[nH]c1=O. The molecule has 7 nitrogen and oxygen atoms in total. The highest BCUT2D eigenvalue weighted by atomic mass is 16.1. The number of nitrogens with two attached hydrogens (primary N) is 1. The van der Waals surface area contributed by atoms with Gasteiger partial charge < -0.3 is 15.8 Å². The van der Waals surface area contributed by atoms with Crippen molar-refractivity contribution in [2.75, 3.05) is 0 Å². The first kappa shape index (κ1) is 14.8. The minimum absolute atomic E-state index is 0.122. The minimum Gasteiger partial charge on any atom is -0.370 e. The van der Waals surface area contributed by atoms with Crippen molar-refractivity contribution in [1.82, 2.24) is 15.2 Å². The maximum atomic E-state index is 12.4. The lowest BCUT2D eigenvalue weighted by Crippen LogP contribution is -2.25. The summed E-state index contributed by atoms with van der Waals surface area (Å²) in [5, 5.41) is 6.01. The monoisotopic (exact) mass is 312 g/mol. The lowest BCUT2D eigenvalue weighted by Gasteiger charge is -2.14. The van der Waals surface area contributed by atoms with E-state index in [2.05, 4.69) is 15.2 Å². The quantitative estimate of drug-likeness (QED) is 0.571. The van der Waals surface area contributed by atoms with E-state index in [1.165, 1.54) is 0 Å². The summed E-state index contributed by atoms with van der Waals surface area (Å²) in [4.78, 5) is 38.7. The molecule has 118 valence electrons. The first-order valence-corrected chi connectivity index (χ1v) is 7.14. The van der Waals surface area contributed by atoms with E-state index >= 15 is 0 Å². The molecule has 0 saturated heterocycles. The second-order valence-corrected chi connectivity index (χ2v) is 5.48. The Hall–Kier alpha value is -3.09. The lowest BCUT2D eigenvalue weighted by atomic mass is 9.88. The van der Waals surface area contributed by atoms with E-state index in [9.17, 15) is 14.4 Å². The Morgan fingerprint density at radius 2 is 1.91 bits per heavy atom.